The molecule has 0 unspecified atom stereocenters. The molecule has 17 heavy (non-hydrogen) atoms. The van der Waals surface area contributed by atoms with Crippen LogP contribution in [0.15, 0.2) is 18.5 Å². The molecule has 0 saturated heterocycles. The number of hydrogen-bond acceptors (Lipinski definition) is 5. The van der Waals surface area contributed by atoms with Gasteiger partial charge in [0.25, 0.3) is 0 Å². The summed E-state index contributed by atoms with van der Waals surface area (Å²) in [6, 6.07) is 1.42. The molecule has 0 aliphatic heterocycles. The number of hydrogen-bond donors (Lipinski definition) is 1. The van der Waals surface area contributed by atoms with Gasteiger partial charge in [0.05, 0.1) is 6.20 Å². The van der Waals surface area contributed by atoms with Crippen LogP contribution in [0.3, 0.4) is 0 Å². The molecule has 2 aromatic heterocycles. The van der Waals surface area contributed by atoms with Crippen molar-refractivity contribution in [2.24, 2.45) is 0 Å². The molecule has 0 aromatic carbocycles. The molecule has 6 heteroatoms. The van der Waals surface area contributed by atoms with Crippen LogP contribution in [0.5, 0.6) is 0 Å². The van der Waals surface area contributed by atoms with Gasteiger partial charge >= 0.3 is 0 Å². The van der Waals surface area contributed by atoms with Crippen molar-refractivity contribution in [1.82, 2.24) is 20.5 Å². The highest BCUT2D eigenvalue weighted by molar-refractivity contribution is 7.14. The van der Waals surface area contributed by atoms with E-state index in [1.54, 1.807) is 6.20 Å². The first-order valence-electron chi connectivity index (χ1n) is 5.43. The van der Waals surface area contributed by atoms with Crippen molar-refractivity contribution < 1.29 is 4.39 Å². The number of nitrogens with one attached hydrogen (secondary N) is 1. The fraction of sp³-hybridized carbons (Fsp3) is 0.364. The lowest BCUT2D eigenvalue weighted by atomic mass is 10.3. The van der Waals surface area contributed by atoms with Crippen LogP contribution in [-0.4, -0.2) is 28.3 Å². The van der Waals surface area contributed by atoms with E-state index in [4.69, 9.17) is 0 Å². The van der Waals surface area contributed by atoms with Crippen molar-refractivity contribution in [2.45, 2.75) is 13.3 Å². The van der Waals surface area contributed by atoms with Gasteiger partial charge < -0.3 is 5.32 Å². The third-order valence-electron chi connectivity index (χ3n) is 2.18. The average molecular weight is 252 g/mol. The van der Waals surface area contributed by atoms with Gasteiger partial charge in [0.2, 0.25) is 0 Å². The average Bonchev–Trinajstić information content (AvgIpc) is 2.78. The van der Waals surface area contributed by atoms with E-state index in [-0.39, 0.29) is 5.82 Å². The fourth-order valence-electron chi connectivity index (χ4n) is 1.37. The highest BCUT2D eigenvalue weighted by atomic mass is 32.1. The quantitative estimate of drug-likeness (QED) is 0.826. The topological polar surface area (TPSA) is 50.7 Å². The molecule has 0 saturated carbocycles. The van der Waals surface area contributed by atoms with Crippen LogP contribution in [0.2, 0.25) is 0 Å². The van der Waals surface area contributed by atoms with Crippen LogP contribution in [-0.2, 0) is 6.42 Å². The Hall–Kier alpha value is -1.40. The summed E-state index contributed by atoms with van der Waals surface area (Å²) >= 11 is 1.48. The van der Waals surface area contributed by atoms with E-state index in [1.807, 2.05) is 0 Å². The Morgan fingerprint density at radius 3 is 3.00 bits per heavy atom. The second kappa shape index (κ2) is 5.79. The zero-order valence-corrected chi connectivity index (χ0v) is 10.3. The van der Waals surface area contributed by atoms with Crippen molar-refractivity contribution in [3.8, 4) is 10.6 Å². The molecule has 0 radical (unpaired) electrons. The van der Waals surface area contributed by atoms with Crippen molar-refractivity contribution >= 4 is 11.3 Å². The van der Waals surface area contributed by atoms with Crippen LogP contribution in [0.4, 0.5) is 4.39 Å². The predicted octanol–water partition coefficient (Wildman–Crippen LogP) is 1.89. The Morgan fingerprint density at radius 1 is 1.35 bits per heavy atom. The van der Waals surface area contributed by atoms with Gasteiger partial charge in [-0.2, -0.15) is 0 Å². The molecule has 0 amide bonds. The SMILES string of the molecule is CCNCCc1nnc(-c2cncc(F)c2)s1. The zero-order chi connectivity index (χ0) is 12.1. The zero-order valence-electron chi connectivity index (χ0n) is 9.48. The molecule has 0 fully saturated rings. The summed E-state index contributed by atoms with van der Waals surface area (Å²) in [7, 11) is 0. The molecule has 0 bridgehead atoms. The number of rotatable bonds is 5. The highest BCUT2D eigenvalue weighted by Crippen LogP contribution is 2.23. The third kappa shape index (κ3) is 3.28. The maximum atomic E-state index is 13.0. The number of halogens is 1. The van der Waals surface area contributed by atoms with Crippen molar-refractivity contribution in [3.05, 3.63) is 29.3 Å². The standard InChI is InChI=1S/C11H13FN4S/c1-2-13-4-3-10-15-16-11(17-10)8-5-9(12)7-14-6-8/h5-7,13H,2-4H2,1H3. The first-order valence-corrected chi connectivity index (χ1v) is 6.25. The first kappa shape index (κ1) is 12.1. The first-order chi connectivity index (χ1) is 8.29. The predicted molar refractivity (Wildman–Crippen MR) is 65.3 cm³/mol. The molecular formula is C11H13FN4S. The summed E-state index contributed by atoms with van der Waals surface area (Å²) in [5, 5.41) is 13.0. The molecule has 0 spiro atoms. The Labute approximate surface area is 103 Å². The summed E-state index contributed by atoms with van der Waals surface area (Å²) in [4.78, 5) is 3.80. The molecule has 2 heterocycles. The smallest absolute Gasteiger partial charge is 0.149 e. The number of pyridine rings is 1. The maximum absolute atomic E-state index is 13.0. The maximum Gasteiger partial charge on any atom is 0.149 e. The van der Waals surface area contributed by atoms with E-state index in [1.165, 1.54) is 23.6 Å². The van der Waals surface area contributed by atoms with E-state index in [0.717, 1.165) is 24.5 Å². The van der Waals surface area contributed by atoms with Gasteiger partial charge in [-0.25, -0.2) is 4.39 Å². The normalized spacial score (nSPS) is 10.7. The van der Waals surface area contributed by atoms with Crippen molar-refractivity contribution in [1.29, 1.82) is 0 Å². The molecule has 0 atom stereocenters. The minimum atomic E-state index is -0.355. The molecule has 0 aliphatic carbocycles. The van der Waals surface area contributed by atoms with Gasteiger partial charge in [-0.05, 0) is 12.6 Å². The molecule has 2 rings (SSSR count). The second-order valence-electron chi connectivity index (χ2n) is 3.50. The van der Waals surface area contributed by atoms with E-state index < -0.39 is 0 Å². The summed E-state index contributed by atoms with van der Waals surface area (Å²) in [6.07, 6.45) is 3.61. The van der Waals surface area contributed by atoms with Gasteiger partial charge in [-0.3, -0.25) is 4.98 Å². The minimum Gasteiger partial charge on any atom is -0.317 e. The van der Waals surface area contributed by atoms with E-state index >= 15 is 0 Å². The van der Waals surface area contributed by atoms with Crippen LogP contribution in [0.1, 0.15) is 11.9 Å². The fourth-order valence-corrected chi connectivity index (χ4v) is 2.19. The molecule has 90 valence electrons. The van der Waals surface area contributed by atoms with E-state index in [2.05, 4.69) is 27.4 Å². The Kier molecular flexibility index (Phi) is 4.11. The Balaban J connectivity index is 2.07. The van der Waals surface area contributed by atoms with Gasteiger partial charge in [0.15, 0.2) is 0 Å². The lowest BCUT2D eigenvalue weighted by Gasteiger charge is -1.96. The number of aromatic nitrogens is 3. The Bertz CT molecular complexity index is 486. The highest BCUT2D eigenvalue weighted by Gasteiger charge is 2.07. The summed E-state index contributed by atoms with van der Waals surface area (Å²) in [5.74, 6) is -0.355. The van der Waals surface area contributed by atoms with E-state index in [9.17, 15) is 4.39 Å². The molecule has 0 aliphatic rings. The summed E-state index contributed by atoms with van der Waals surface area (Å²) < 4.78 is 13.0. The van der Waals surface area contributed by atoms with Gasteiger partial charge in [-0.1, -0.05) is 18.3 Å². The summed E-state index contributed by atoms with van der Waals surface area (Å²) in [6.45, 7) is 3.88. The van der Waals surface area contributed by atoms with Gasteiger partial charge in [0, 0.05) is 24.7 Å². The summed E-state index contributed by atoms with van der Waals surface area (Å²) in [5.41, 5.74) is 0.678. The Morgan fingerprint density at radius 2 is 2.24 bits per heavy atom. The van der Waals surface area contributed by atoms with E-state index in [0.29, 0.717) is 10.6 Å². The molecular weight excluding hydrogens is 239 g/mol. The lowest BCUT2D eigenvalue weighted by Crippen LogP contribution is -2.15. The van der Waals surface area contributed by atoms with Crippen molar-refractivity contribution in [2.75, 3.05) is 13.1 Å². The number of nitrogens with zero attached hydrogens (tertiary/aromatic N) is 3. The monoisotopic (exact) mass is 252 g/mol. The third-order valence-corrected chi connectivity index (χ3v) is 3.22. The van der Waals surface area contributed by atoms with Gasteiger partial charge in [0.1, 0.15) is 15.8 Å². The van der Waals surface area contributed by atoms with Crippen LogP contribution in [0.25, 0.3) is 10.6 Å². The second-order valence-corrected chi connectivity index (χ2v) is 4.56. The molecule has 2 aromatic rings. The van der Waals surface area contributed by atoms with Crippen LogP contribution < -0.4 is 5.32 Å². The number of likely N-dealkylation sites (N-methyl/N-ethyl adjacent to an activating group) is 1. The van der Waals surface area contributed by atoms with Crippen LogP contribution in [0, 0.1) is 5.82 Å². The molecule has 1 N–H and O–H groups in total. The minimum absolute atomic E-state index is 0.355. The van der Waals surface area contributed by atoms with Crippen molar-refractivity contribution in [3.63, 3.8) is 0 Å². The van der Waals surface area contributed by atoms with Crippen LogP contribution >= 0.6 is 11.3 Å². The lowest BCUT2D eigenvalue weighted by molar-refractivity contribution is 0.622. The molecule has 4 nitrogen and oxygen atoms in total. The van der Waals surface area contributed by atoms with Gasteiger partial charge in [-0.15, -0.1) is 10.2 Å². The largest absolute Gasteiger partial charge is 0.317 e.